The normalized spacial score (nSPS) is 12.4. The van der Waals surface area contributed by atoms with Crippen molar-refractivity contribution in [3.63, 3.8) is 0 Å². The molecule has 1 unspecified atom stereocenters. The van der Waals surface area contributed by atoms with E-state index in [0.29, 0.717) is 12.4 Å². The Balaban J connectivity index is 1.63. The van der Waals surface area contributed by atoms with E-state index in [1.807, 2.05) is 42.5 Å². The lowest BCUT2D eigenvalue weighted by atomic mass is 9.78. The summed E-state index contributed by atoms with van der Waals surface area (Å²) in [7, 11) is 0. The first-order valence-electron chi connectivity index (χ1n) is 10.4. The summed E-state index contributed by atoms with van der Waals surface area (Å²) in [5.74, 6) is 4.22. The first-order valence-corrected chi connectivity index (χ1v) is 10.4. The van der Waals surface area contributed by atoms with Crippen LogP contribution in [0, 0.1) is 18.2 Å². The number of ether oxygens (including phenoxy) is 2. The molecule has 0 aliphatic carbocycles. The van der Waals surface area contributed by atoms with Gasteiger partial charge < -0.3 is 9.47 Å². The molecule has 0 aliphatic rings. The molecule has 2 nitrogen and oxygen atoms in total. The molecule has 0 spiro atoms. The number of hydrogen-bond acceptors (Lipinski definition) is 2. The average molecular weight is 415 g/mol. The van der Waals surface area contributed by atoms with Gasteiger partial charge >= 0.3 is 0 Å². The first-order chi connectivity index (χ1) is 15.0. The molecule has 1 atom stereocenters. The van der Waals surface area contributed by atoms with E-state index in [0.717, 1.165) is 36.1 Å². The molecule has 0 N–H and O–H groups in total. The van der Waals surface area contributed by atoms with Crippen LogP contribution in [0.2, 0.25) is 0 Å². The molecule has 31 heavy (non-hydrogen) atoms. The third-order valence-corrected chi connectivity index (χ3v) is 5.29. The monoisotopic (exact) mass is 414 g/mol. The Hall–Kier alpha value is -3.51. The average Bonchev–Trinajstić information content (AvgIpc) is 2.80. The summed E-state index contributed by atoms with van der Waals surface area (Å²) in [6, 6.07) is 22.1. The Kier molecular flexibility index (Phi) is 7.51. The van der Waals surface area contributed by atoms with Gasteiger partial charge in [0.15, 0.2) is 11.6 Å². The number of hydrogen-bond donors (Lipinski definition) is 0. The second-order valence-electron chi connectivity index (χ2n) is 7.63. The minimum Gasteiger partial charge on any atom is -0.490 e. The van der Waals surface area contributed by atoms with E-state index in [9.17, 15) is 4.39 Å². The van der Waals surface area contributed by atoms with Crippen molar-refractivity contribution in [3.8, 4) is 29.6 Å². The maximum Gasteiger partial charge on any atom is 0.165 e. The molecule has 158 valence electrons. The Labute approximate surface area is 184 Å². The van der Waals surface area contributed by atoms with E-state index < -0.39 is 0 Å². The molecule has 3 aromatic rings. The fourth-order valence-electron chi connectivity index (χ4n) is 3.42. The summed E-state index contributed by atoms with van der Waals surface area (Å²) in [5, 5.41) is 0. The topological polar surface area (TPSA) is 18.5 Å². The minimum absolute atomic E-state index is 0.235. The van der Waals surface area contributed by atoms with Crippen LogP contribution in [0.3, 0.4) is 0 Å². The Morgan fingerprint density at radius 3 is 2.45 bits per heavy atom. The molecule has 3 rings (SSSR count). The van der Waals surface area contributed by atoms with Crippen LogP contribution >= 0.6 is 0 Å². The summed E-state index contributed by atoms with van der Waals surface area (Å²) >= 11 is 0. The van der Waals surface area contributed by atoms with E-state index in [1.165, 1.54) is 6.07 Å². The number of terminal acetylenes is 1. The van der Waals surface area contributed by atoms with Crippen LogP contribution in [0.15, 0.2) is 85.5 Å². The summed E-state index contributed by atoms with van der Waals surface area (Å²) < 4.78 is 25.4. The van der Waals surface area contributed by atoms with Crippen molar-refractivity contribution >= 4 is 0 Å². The van der Waals surface area contributed by atoms with Gasteiger partial charge in [0.05, 0.1) is 5.41 Å². The highest BCUT2D eigenvalue weighted by molar-refractivity contribution is 5.38. The van der Waals surface area contributed by atoms with Gasteiger partial charge in [0, 0.05) is 0 Å². The highest BCUT2D eigenvalue weighted by atomic mass is 19.1. The van der Waals surface area contributed by atoms with E-state index in [1.54, 1.807) is 30.3 Å². The lowest BCUT2D eigenvalue weighted by Gasteiger charge is -2.24. The second kappa shape index (κ2) is 10.5. The summed E-state index contributed by atoms with van der Waals surface area (Å²) in [5.41, 5.74) is 1.70. The zero-order valence-electron chi connectivity index (χ0n) is 17.8. The number of para-hydroxylation sites is 1. The molecule has 0 saturated carbocycles. The van der Waals surface area contributed by atoms with Crippen molar-refractivity contribution in [1.82, 2.24) is 0 Å². The Morgan fingerprint density at radius 2 is 1.77 bits per heavy atom. The van der Waals surface area contributed by atoms with Gasteiger partial charge in [-0.2, -0.15) is 0 Å². The van der Waals surface area contributed by atoms with Crippen molar-refractivity contribution < 1.29 is 13.9 Å². The predicted molar refractivity (Wildman–Crippen MR) is 124 cm³/mol. The molecular formula is C28H27FO2. The minimum atomic E-state index is -0.389. The van der Waals surface area contributed by atoms with Gasteiger partial charge in [-0.25, -0.2) is 4.39 Å². The van der Waals surface area contributed by atoms with Crippen molar-refractivity contribution in [3.05, 3.63) is 102 Å². The molecule has 0 saturated heterocycles. The van der Waals surface area contributed by atoms with Gasteiger partial charge in [0.2, 0.25) is 0 Å². The van der Waals surface area contributed by atoms with Crippen molar-refractivity contribution in [2.45, 2.75) is 31.6 Å². The quantitative estimate of drug-likeness (QED) is 0.260. The SMILES string of the molecule is C#CC(C)(CCCc1ccc(F)c(Oc2ccccc2)c1)c1ccc(OCC=C)cc1. The van der Waals surface area contributed by atoms with Gasteiger partial charge in [-0.05, 0) is 73.7 Å². The summed E-state index contributed by atoms with van der Waals surface area (Å²) in [4.78, 5) is 0. The molecule has 0 fully saturated rings. The molecule has 0 radical (unpaired) electrons. The lowest BCUT2D eigenvalue weighted by Crippen LogP contribution is -2.19. The number of aryl methyl sites for hydroxylation is 1. The third kappa shape index (κ3) is 5.99. The highest BCUT2D eigenvalue weighted by Crippen LogP contribution is 2.31. The van der Waals surface area contributed by atoms with Crippen molar-refractivity contribution in [2.24, 2.45) is 0 Å². The van der Waals surface area contributed by atoms with Gasteiger partial charge in [0.25, 0.3) is 0 Å². The number of rotatable bonds is 10. The lowest BCUT2D eigenvalue weighted by molar-refractivity contribution is 0.363. The molecule has 0 amide bonds. The molecule has 3 heteroatoms. The second-order valence-corrected chi connectivity index (χ2v) is 7.63. The van der Waals surface area contributed by atoms with E-state index in [2.05, 4.69) is 19.4 Å². The van der Waals surface area contributed by atoms with Gasteiger partial charge in [-0.3, -0.25) is 0 Å². The smallest absolute Gasteiger partial charge is 0.165 e. The van der Waals surface area contributed by atoms with Crippen molar-refractivity contribution in [2.75, 3.05) is 6.61 Å². The van der Waals surface area contributed by atoms with Crippen LogP contribution in [0.5, 0.6) is 17.2 Å². The van der Waals surface area contributed by atoms with E-state index in [-0.39, 0.29) is 17.0 Å². The fraction of sp³-hybridized carbons (Fsp3) is 0.214. The van der Waals surface area contributed by atoms with E-state index >= 15 is 0 Å². The standard InChI is InChI=1S/C28H27FO2/c1-4-20-30-24-16-14-23(15-17-24)28(3,5-2)19-9-10-22-13-18-26(29)27(21-22)31-25-11-7-6-8-12-25/h2,4,6-8,11-18,21H,1,9-10,19-20H2,3H3. The third-order valence-electron chi connectivity index (χ3n) is 5.29. The largest absolute Gasteiger partial charge is 0.490 e. The van der Waals surface area contributed by atoms with Crippen LogP contribution < -0.4 is 9.47 Å². The maximum absolute atomic E-state index is 14.2. The number of halogens is 1. The molecule has 0 aromatic heterocycles. The van der Waals surface area contributed by atoms with Crippen molar-refractivity contribution in [1.29, 1.82) is 0 Å². The molecule has 0 bridgehead atoms. The molecule has 0 aliphatic heterocycles. The Morgan fingerprint density at radius 1 is 1.03 bits per heavy atom. The van der Waals surface area contributed by atoms with Gasteiger partial charge in [-0.15, -0.1) is 6.42 Å². The van der Waals surface area contributed by atoms with Gasteiger partial charge in [0.1, 0.15) is 18.1 Å². The zero-order valence-corrected chi connectivity index (χ0v) is 17.8. The highest BCUT2D eigenvalue weighted by Gasteiger charge is 2.23. The van der Waals surface area contributed by atoms with Gasteiger partial charge in [-0.1, -0.05) is 55.0 Å². The summed E-state index contributed by atoms with van der Waals surface area (Å²) in [6.07, 6.45) is 10.1. The predicted octanol–water partition coefficient (Wildman–Crippen LogP) is 7.10. The summed E-state index contributed by atoms with van der Waals surface area (Å²) in [6.45, 7) is 6.20. The molecule has 0 heterocycles. The number of benzene rings is 3. The zero-order chi connectivity index (χ0) is 22.1. The van der Waals surface area contributed by atoms with Crippen LogP contribution in [0.25, 0.3) is 0 Å². The molecular weight excluding hydrogens is 387 g/mol. The van der Waals surface area contributed by atoms with Crippen LogP contribution in [0.4, 0.5) is 4.39 Å². The van der Waals surface area contributed by atoms with Crippen LogP contribution in [-0.4, -0.2) is 6.61 Å². The molecule has 3 aromatic carbocycles. The Bertz CT molecular complexity index is 1030. The first kappa shape index (κ1) is 22.2. The van der Waals surface area contributed by atoms with Crippen LogP contribution in [0.1, 0.15) is 30.9 Å². The fourth-order valence-corrected chi connectivity index (χ4v) is 3.42. The van der Waals surface area contributed by atoms with Crippen LogP contribution in [-0.2, 0) is 11.8 Å². The maximum atomic E-state index is 14.2. The van der Waals surface area contributed by atoms with E-state index in [4.69, 9.17) is 15.9 Å².